The molecule has 0 aromatic carbocycles. The van der Waals surface area contributed by atoms with Crippen LogP contribution in [0, 0.1) is 13.8 Å². The summed E-state index contributed by atoms with van der Waals surface area (Å²) >= 11 is 0. The zero-order valence-corrected chi connectivity index (χ0v) is 11.3. The number of hydrogen-bond donors (Lipinski definition) is 1. The summed E-state index contributed by atoms with van der Waals surface area (Å²) in [5, 5.41) is 18.7. The molecule has 0 radical (unpaired) electrons. The van der Waals surface area contributed by atoms with Gasteiger partial charge in [0, 0.05) is 5.56 Å². The molecule has 1 aromatic rings. The summed E-state index contributed by atoms with van der Waals surface area (Å²) in [5.74, 6) is 0. The quantitative estimate of drug-likeness (QED) is 0.813. The molecule has 0 saturated heterocycles. The largest absolute Gasteiger partial charge is 0.384 e. The number of aromatic nitrogens is 2. The summed E-state index contributed by atoms with van der Waals surface area (Å²) < 4.78 is 0. The number of aryl methyl sites for hydroxylation is 2. The molecule has 0 aliphatic heterocycles. The summed E-state index contributed by atoms with van der Waals surface area (Å²) in [4.78, 5) is 0. The number of hydrogen-bond acceptors (Lipinski definition) is 3. The number of aliphatic hydroxyl groups excluding tert-OH is 1. The van der Waals surface area contributed by atoms with Crippen LogP contribution in [0.25, 0.3) is 0 Å². The van der Waals surface area contributed by atoms with E-state index in [9.17, 15) is 5.11 Å². The van der Waals surface area contributed by atoms with Crippen LogP contribution in [-0.4, -0.2) is 15.3 Å². The Bertz CT molecular complexity index is 440. The smallest absolute Gasteiger partial charge is 0.102 e. The van der Waals surface area contributed by atoms with Crippen molar-refractivity contribution in [2.75, 3.05) is 0 Å². The maximum atomic E-state index is 10.5. The first-order valence-electron chi connectivity index (χ1n) is 6.86. The third-order valence-electron chi connectivity index (χ3n) is 3.61. The van der Waals surface area contributed by atoms with Crippen LogP contribution in [0.5, 0.6) is 0 Å². The van der Waals surface area contributed by atoms with Crippen LogP contribution in [0.3, 0.4) is 0 Å². The minimum atomic E-state index is -0.503. The van der Waals surface area contributed by atoms with E-state index in [1.165, 1.54) is 25.7 Å². The summed E-state index contributed by atoms with van der Waals surface area (Å²) in [6, 6.07) is 1.95. The van der Waals surface area contributed by atoms with Gasteiger partial charge in [-0.3, -0.25) is 0 Å². The van der Waals surface area contributed by atoms with Gasteiger partial charge in [0.05, 0.1) is 11.4 Å². The lowest BCUT2D eigenvalue weighted by molar-refractivity contribution is 0.207. The molecule has 3 nitrogen and oxygen atoms in total. The van der Waals surface area contributed by atoms with E-state index in [4.69, 9.17) is 0 Å². The highest BCUT2D eigenvalue weighted by atomic mass is 16.3. The maximum Gasteiger partial charge on any atom is 0.102 e. The van der Waals surface area contributed by atoms with Gasteiger partial charge < -0.3 is 5.11 Å². The Morgan fingerprint density at radius 2 is 1.89 bits per heavy atom. The van der Waals surface area contributed by atoms with Crippen LogP contribution in [0.1, 0.15) is 61.6 Å². The standard InChI is InChI=1S/C15H22N2O/c1-11-10-14(12(2)17-16-11)15(18)13-8-6-4-3-5-7-9-13/h8,10,15,18H,3-7,9H2,1-2H3/b13-8+. The van der Waals surface area contributed by atoms with Crippen LogP contribution >= 0.6 is 0 Å². The summed E-state index contributed by atoms with van der Waals surface area (Å²) in [5.41, 5.74) is 3.76. The number of rotatable bonds is 2. The molecule has 0 spiro atoms. The van der Waals surface area contributed by atoms with E-state index >= 15 is 0 Å². The second-order valence-corrected chi connectivity index (χ2v) is 5.16. The highest BCUT2D eigenvalue weighted by molar-refractivity contribution is 5.29. The highest BCUT2D eigenvalue weighted by Gasteiger charge is 2.17. The van der Waals surface area contributed by atoms with E-state index in [0.29, 0.717) is 0 Å². The Morgan fingerprint density at radius 1 is 1.11 bits per heavy atom. The van der Waals surface area contributed by atoms with Crippen molar-refractivity contribution >= 4 is 0 Å². The van der Waals surface area contributed by atoms with Crippen molar-refractivity contribution in [3.05, 3.63) is 34.7 Å². The SMILES string of the molecule is Cc1cc(C(O)/C2=C/CCCCCC2)c(C)nn1. The fraction of sp³-hybridized carbons (Fsp3) is 0.600. The molecule has 0 amide bonds. The molecule has 0 saturated carbocycles. The van der Waals surface area contributed by atoms with E-state index in [-0.39, 0.29) is 0 Å². The average molecular weight is 246 g/mol. The first-order valence-corrected chi connectivity index (χ1v) is 6.86. The van der Waals surface area contributed by atoms with Crippen LogP contribution in [0.15, 0.2) is 17.7 Å². The van der Waals surface area contributed by atoms with Crippen molar-refractivity contribution in [1.82, 2.24) is 10.2 Å². The maximum absolute atomic E-state index is 10.5. The third kappa shape index (κ3) is 3.16. The van der Waals surface area contributed by atoms with E-state index in [2.05, 4.69) is 16.3 Å². The molecular weight excluding hydrogens is 224 g/mol. The molecule has 1 heterocycles. The fourth-order valence-corrected chi connectivity index (χ4v) is 2.51. The highest BCUT2D eigenvalue weighted by Crippen LogP contribution is 2.29. The zero-order chi connectivity index (χ0) is 13.0. The van der Waals surface area contributed by atoms with Crippen LogP contribution in [-0.2, 0) is 0 Å². The molecule has 1 aromatic heterocycles. The molecule has 1 atom stereocenters. The number of allylic oxidation sites excluding steroid dienone is 1. The van der Waals surface area contributed by atoms with Crippen molar-refractivity contribution in [3.8, 4) is 0 Å². The Morgan fingerprint density at radius 3 is 2.72 bits per heavy atom. The Labute approximate surface area is 109 Å². The van der Waals surface area contributed by atoms with Crippen molar-refractivity contribution in [2.24, 2.45) is 0 Å². The van der Waals surface area contributed by atoms with Crippen LogP contribution < -0.4 is 0 Å². The van der Waals surface area contributed by atoms with Gasteiger partial charge in [-0.1, -0.05) is 18.9 Å². The molecule has 18 heavy (non-hydrogen) atoms. The van der Waals surface area contributed by atoms with Gasteiger partial charge in [0.15, 0.2) is 0 Å². The lowest BCUT2D eigenvalue weighted by Crippen LogP contribution is -2.08. The molecule has 1 aliphatic rings. The first-order chi connectivity index (χ1) is 8.68. The summed E-state index contributed by atoms with van der Waals surface area (Å²) in [6.45, 7) is 3.82. The summed E-state index contributed by atoms with van der Waals surface area (Å²) in [7, 11) is 0. The lowest BCUT2D eigenvalue weighted by Gasteiger charge is -2.19. The Balaban J connectivity index is 2.23. The monoisotopic (exact) mass is 246 g/mol. The predicted octanol–water partition coefficient (Wildman–Crippen LogP) is 3.41. The molecule has 1 N–H and O–H groups in total. The van der Waals surface area contributed by atoms with Gasteiger partial charge in [-0.25, -0.2) is 0 Å². The number of nitrogens with zero attached hydrogens (tertiary/aromatic N) is 2. The normalized spacial score (nSPS) is 21.6. The van der Waals surface area contributed by atoms with Crippen LogP contribution in [0.2, 0.25) is 0 Å². The van der Waals surface area contributed by atoms with Gasteiger partial charge in [0.25, 0.3) is 0 Å². The molecule has 2 rings (SSSR count). The van der Waals surface area contributed by atoms with Gasteiger partial charge in [-0.15, -0.1) is 0 Å². The van der Waals surface area contributed by atoms with Gasteiger partial charge >= 0.3 is 0 Å². The molecular formula is C15H22N2O. The minimum absolute atomic E-state index is 0.503. The lowest BCUT2D eigenvalue weighted by atomic mass is 9.92. The second-order valence-electron chi connectivity index (χ2n) is 5.16. The molecule has 3 heteroatoms. The summed E-state index contributed by atoms with van der Waals surface area (Å²) in [6.07, 6.45) is 8.81. The number of aliphatic hydroxyl groups is 1. The van der Waals surface area contributed by atoms with Gasteiger partial charge in [-0.2, -0.15) is 10.2 Å². The van der Waals surface area contributed by atoms with Crippen molar-refractivity contribution < 1.29 is 5.11 Å². The van der Waals surface area contributed by atoms with Gasteiger partial charge in [0.1, 0.15) is 6.10 Å². The first kappa shape index (κ1) is 13.2. The van der Waals surface area contributed by atoms with E-state index in [1.807, 2.05) is 19.9 Å². The van der Waals surface area contributed by atoms with E-state index in [0.717, 1.165) is 35.4 Å². The molecule has 0 fully saturated rings. The topological polar surface area (TPSA) is 46.0 Å². The molecule has 1 aliphatic carbocycles. The van der Waals surface area contributed by atoms with Gasteiger partial charge in [-0.05, 0) is 51.2 Å². The van der Waals surface area contributed by atoms with Crippen molar-refractivity contribution in [2.45, 2.75) is 58.5 Å². The molecule has 0 bridgehead atoms. The third-order valence-corrected chi connectivity index (χ3v) is 3.61. The average Bonchev–Trinajstić information content (AvgIpc) is 2.31. The van der Waals surface area contributed by atoms with Crippen molar-refractivity contribution in [1.29, 1.82) is 0 Å². The molecule has 98 valence electrons. The zero-order valence-electron chi connectivity index (χ0n) is 11.3. The van der Waals surface area contributed by atoms with E-state index in [1.54, 1.807) is 0 Å². The Hall–Kier alpha value is -1.22. The van der Waals surface area contributed by atoms with Crippen molar-refractivity contribution in [3.63, 3.8) is 0 Å². The Kier molecular flexibility index (Phi) is 4.48. The van der Waals surface area contributed by atoms with Crippen LogP contribution in [0.4, 0.5) is 0 Å². The fourth-order valence-electron chi connectivity index (χ4n) is 2.51. The molecule has 1 unspecified atom stereocenters. The minimum Gasteiger partial charge on any atom is -0.384 e. The second kappa shape index (κ2) is 6.10. The predicted molar refractivity (Wildman–Crippen MR) is 72.3 cm³/mol. The van der Waals surface area contributed by atoms with Gasteiger partial charge in [0.2, 0.25) is 0 Å². The van der Waals surface area contributed by atoms with E-state index < -0.39 is 6.10 Å².